The van der Waals surface area contributed by atoms with Crippen molar-refractivity contribution in [3.8, 4) is 0 Å². The molecule has 1 aliphatic heterocycles. The molecule has 1 aliphatic rings. The third-order valence-corrected chi connectivity index (χ3v) is 1.63. The van der Waals surface area contributed by atoms with E-state index in [0.29, 0.717) is 0 Å². The molecule has 0 radical (unpaired) electrons. The van der Waals surface area contributed by atoms with Crippen LogP contribution in [-0.4, -0.2) is 11.5 Å². The number of nitrogens with one attached hydrogen (secondary N) is 1. The van der Waals surface area contributed by atoms with Gasteiger partial charge in [0.15, 0.2) is 0 Å². The molecule has 1 aromatic heterocycles. The second-order valence-electron chi connectivity index (χ2n) is 2.01. The fraction of sp³-hybridized carbons (Fsp3) is 0.444. The van der Waals surface area contributed by atoms with Gasteiger partial charge in [0.1, 0.15) is 0 Å². The van der Waals surface area contributed by atoms with Crippen molar-refractivity contribution < 1.29 is 13.7 Å². The van der Waals surface area contributed by atoms with Crippen LogP contribution in [0.5, 0.6) is 0 Å². The number of rotatable bonds is 1. The van der Waals surface area contributed by atoms with Crippen LogP contribution in [0.3, 0.4) is 0 Å². The first-order valence-electron chi connectivity index (χ1n) is 8.14. The smallest absolute Gasteiger partial charge is 0.0840 e. The minimum absolute atomic E-state index is 0.195. The summed E-state index contributed by atoms with van der Waals surface area (Å²) in [7, 11) is 0. The van der Waals surface area contributed by atoms with Gasteiger partial charge in [0.05, 0.1) is 11.2 Å². The van der Waals surface area contributed by atoms with E-state index in [9.17, 15) is 0 Å². The Bertz CT molecular complexity index is 648. The fourth-order valence-corrected chi connectivity index (χ4v) is 1.03. The zero-order valence-electron chi connectivity index (χ0n) is 15.8. The summed E-state index contributed by atoms with van der Waals surface area (Å²) in [6, 6.07) is -3.73. The van der Waals surface area contributed by atoms with Crippen LogP contribution in [0, 0.1) is 0 Å². The van der Waals surface area contributed by atoms with E-state index in [1.54, 1.807) is 0 Å². The summed E-state index contributed by atoms with van der Waals surface area (Å²) in [5, 5.41) is 1.92. The highest BCUT2D eigenvalue weighted by atomic mass is 79.9. The van der Waals surface area contributed by atoms with Gasteiger partial charge >= 0.3 is 0 Å². The van der Waals surface area contributed by atoms with Gasteiger partial charge in [0.2, 0.25) is 0 Å². The Labute approximate surface area is 94.6 Å². The average Bonchev–Trinajstić information content (AvgIpc) is 2.47. The Morgan fingerprint density at radius 2 is 2.83 bits per heavy atom. The molecule has 0 saturated carbocycles. The first-order valence-corrected chi connectivity index (χ1v) is 3.93. The van der Waals surface area contributed by atoms with Crippen LogP contribution in [0.25, 0.3) is 0 Å². The molecule has 64 valence electrons. The number of aromatic nitrogens is 1. The summed E-state index contributed by atoms with van der Waals surface area (Å²) in [4.78, 5) is 3.55. The van der Waals surface area contributed by atoms with Gasteiger partial charge in [-0.2, -0.15) is 0 Å². The summed E-state index contributed by atoms with van der Waals surface area (Å²) < 4.78 is 77.3. The zero-order valence-corrected chi connectivity index (χ0v) is 7.41. The Balaban J connectivity index is 2.78. The van der Waals surface area contributed by atoms with Gasteiger partial charge in [0, 0.05) is 24.9 Å². The van der Waals surface area contributed by atoms with Gasteiger partial charge in [-0.3, -0.25) is 4.98 Å². The molecule has 0 bridgehead atoms. The van der Waals surface area contributed by atoms with Crippen LogP contribution in [0.4, 0.5) is 0 Å². The number of halogens is 1. The summed E-state index contributed by atoms with van der Waals surface area (Å²) in [5.41, 5.74) is -0.657. The molecular formula is C9H11BrN2. The molecule has 0 amide bonds. The van der Waals surface area contributed by atoms with Crippen LogP contribution in [0.15, 0.2) is 22.7 Å². The molecule has 0 spiro atoms. The number of hydrogen-bond donors (Lipinski definition) is 1. The first-order chi connectivity index (χ1) is 9.71. The molecule has 1 atom stereocenters. The second kappa shape index (κ2) is 3.54. The van der Waals surface area contributed by atoms with Gasteiger partial charge in [-0.15, -0.1) is 0 Å². The lowest BCUT2D eigenvalue weighted by molar-refractivity contribution is 0.627. The summed E-state index contributed by atoms with van der Waals surface area (Å²) in [6.07, 6.45) is -6.79. The van der Waals surface area contributed by atoms with E-state index in [2.05, 4.69) is 20.9 Å². The Morgan fingerprint density at radius 1 is 1.92 bits per heavy atom. The third kappa shape index (κ3) is 1.67. The normalized spacial score (nSPS) is 53.8. The largest absolute Gasteiger partial charge is 0.309 e. The van der Waals surface area contributed by atoms with E-state index >= 15 is 0 Å². The van der Waals surface area contributed by atoms with Crippen molar-refractivity contribution >= 4 is 15.9 Å². The molecule has 0 aromatic carbocycles. The zero-order chi connectivity index (χ0) is 17.3. The van der Waals surface area contributed by atoms with E-state index in [4.69, 9.17) is 13.7 Å². The minimum atomic E-state index is -3.08. The minimum Gasteiger partial charge on any atom is -0.309 e. The summed E-state index contributed by atoms with van der Waals surface area (Å²) >= 11 is 2.89. The molecule has 3 heteroatoms. The van der Waals surface area contributed by atoms with E-state index in [0.717, 1.165) is 0 Å². The summed E-state index contributed by atoms with van der Waals surface area (Å²) in [5.74, 6) is 0. The molecular weight excluding hydrogens is 216 g/mol. The highest BCUT2D eigenvalue weighted by Gasteiger charge is 2.16. The predicted octanol–water partition coefficient (Wildman–Crippen LogP) is 2.27. The lowest BCUT2D eigenvalue weighted by Crippen LogP contribution is -2.13. The standard InChI is InChI=1S/C9H11BrN2/c10-7-3-5-12-9(6-7)8-2-1-4-11-8/h3,5-6,8,11H,1-2,4H2/i1D2,2D2,3D,4D2,5D,6D,8D. The van der Waals surface area contributed by atoms with Crippen molar-refractivity contribution in [2.75, 3.05) is 6.50 Å². The summed E-state index contributed by atoms with van der Waals surface area (Å²) in [6.45, 7) is -2.89. The van der Waals surface area contributed by atoms with Crippen LogP contribution in [0.1, 0.15) is 38.2 Å². The Kier molecular flexibility index (Phi) is 0.751. The predicted molar refractivity (Wildman–Crippen MR) is 51.9 cm³/mol. The monoisotopic (exact) mass is 236 g/mol. The lowest BCUT2D eigenvalue weighted by Gasteiger charge is -2.08. The van der Waals surface area contributed by atoms with E-state index in [-0.39, 0.29) is 4.47 Å². The van der Waals surface area contributed by atoms with Gasteiger partial charge in [0.25, 0.3) is 0 Å². The molecule has 1 aromatic rings. The molecule has 2 rings (SSSR count). The number of hydrogen-bond acceptors (Lipinski definition) is 2. The Morgan fingerprint density at radius 3 is 3.58 bits per heavy atom. The van der Waals surface area contributed by atoms with E-state index in [1.165, 1.54) is 0 Å². The average molecular weight is 237 g/mol. The molecule has 1 N–H and O–H groups in total. The maximum atomic E-state index is 8.23. The maximum absolute atomic E-state index is 8.23. The molecule has 12 heavy (non-hydrogen) atoms. The van der Waals surface area contributed by atoms with Gasteiger partial charge in [-0.05, 0) is 31.3 Å². The van der Waals surface area contributed by atoms with E-state index in [1.807, 2.05) is 5.32 Å². The van der Waals surface area contributed by atoms with Crippen molar-refractivity contribution in [3.63, 3.8) is 0 Å². The fourth-order valence-electron chi connectivity index (χ4n) is 0.752. The Hall–Kier alpha value is -0.410. The molecule has 0 aliphatic carbocycles. The van der Waals surface area contributed by atoms with Crippen molar-refractivity contribution in [1.29, 1.82) is 0 Å². The first kappa shape index (κ1) is 2.55. The topological polar surface area (TPSA) is 24.9 Å². The SMILES string of the molecule is [2H]c1nc(C2([2H])NC([2H])([2H])C([2H])([2H])C2([2H])[2H])c([2H])c(Br)c1[2H]. The lowest BCUT2D eigenvalue weighted by atomic mass is 10.1. The number of nitrogens with zero attached hydrogens (tertiary/aromatic N) is 1. The van der Waals surface area contributed by atoms with E-state index < -0.39 is 49.2 Å². The van der Waals surface area contributed by atoms with Crippen molar-refractivity contribution in [2.45, 2.75) is 18.8 Å². The van der Waals surface area contributed by atoms with Crippen molar-refractivity contribution in [2.24, 2.45) is 0 Å². The number of pyridine rings is 1. The molecule has 1 fully saturated rings. The van der Waals surface area contributed by atoms with Gasteiger partial charge < -0.3 is 5.32 Å². The quantitative estimate of drug-likeness (QED) is 0.810. The highest BCUT2D eigenvalue weighted by Crippen LogP contribution is 2.22. The molecule has 1 unspecified atom stereocenters. The van der Waals surface area contributed by atoms with Crippen LogP contribution >= 0.6 is 15.9 Å². The van der Waals surface area contributed by atoms with Gasteiger partial charge in [-0.25, -0.2) is 0 Å². The molecule has 2 heterocycles. The van der Waals surface area contributed by atoms with Crippen molar-refractivity contribution in [1.82, 2.24) is 10.3 Å². The molecule has 1 saturated heterocycles. The van der Waals surface area contributed by atoms with Crippen LogP contribution in [-0.2, 0) is 0 Å². The van der Waals surface area contributed by atoms with Crippen LogP contribution in [0.2, 0.25) is 0 Å². The third-order valence-electron chi connectivity index (χ3n) is 1.24. The maximum Gasteiger partial charge on any atom is 0.0840 e. The highest BCUT2D eigenvalue weighted by molar-refractivity contribution is 9.10. The van der Waals surface area contributed by atoms with Crippen LogP contribution < -0.4 is 5.32 Å². The van der Waals surface area contributed by atoms with Crippen molar-refractivity contribution in [3.05, 3.63) is 28.4 Å². The van der Waals surface area contributed by atoms with Gasteiger partial charge in [-0.1, -0.05) is 15.9 Å². The molecule has 2 nitrogen and oxygen atoms in total. The second-order valence-corrected chi connectivity index (χ2v) is 2.80.